The van der Waals surface area contributed by atoms with E-state index in [0.29, 0.717) is 25.0 Å². The molecule has 1 saturated heterocycles. The molecule has 0 spiro atoms. The maximum atomic E-state index is 11.6. The predicted octanol–water partition coefficient (Wildman–Crippen LogP) is 2.04. The second-order valence-electron chi connectivity index (χ2n) is 6.59. The Morgan fingerprint density at radius 1 is 1.25 bits per heavy atom. The van der Waals surface area contributed by atoms with E-state index >= 15 is 0 Å². The lowest BCUT2D eigenvalue weighted by atomic mass is 9.91. The van der Waals surface area contributed by atoms with Crippen molar-refractivity contribution in [1.82, 2.24) is 10.2 Å². The summed E-state index contributed by atoms with van der Waals surface area (Å²) in [6.07, 6.45) is 7.27. The highest BCUT2D eigenvalue weighted by Crippen LogP contribution is 2.25. The Bertz CT molecular complexity index is 303. The molecule has 2 aliphatic rings. The Morgan fingerprint density at radius 3 is 2.70 bits per heavy atom. The summed E-state index contributed by atoms with van der Waals surface area (Å²) in [7, 11) is 2.15. The molecule has 0 aromatic carbocycles. The number of esters is 1. The quantitative estimate of drug-likeness (QED) is 0.757. The number of nitrogens with one attached hydrogen (secondary N) is 1. The summed E-state index contributed by atoms with van der Waals surface area (Å²) in [5.74, 6) is 1.28. The van der Waals surface area contributed by atoms with Gasteiger partial charge in [-0.3, -0.25) is 4.79 Å². The van der Waals surface area contributed by atoms with Crippen LogP contribution >= 0.6 is 0 Å². The summed E-state index contributed by atoms with van der Waals surface area (Å²) in [5.41, 5.74) is 0. The predicted molar refractivity (Wildman–Crippen MR) is 80.6 cm³/mol. The average molecular weight is 282 g/mol. The van der Waals surface area contributed by atoms with Crippen LogP contribution in [0.15, 0.2) is 0 Å². The average Bonchev–Trinajstić information content (AvgIpc) is 2.89. The maximum Gasteiger partial charge on any atom is 0.306 e. The molecule has 4 heteroatoms. The van der Waals surface area contributed by atoms with Gasteiger partial charge >= 0.3 is 5.97 Å². The molecule has 0 aromatic rings. The number of carbonyl (C=O) groups excluding carboxylic acids is 1. The largest absolute Gasteiger partial charge is 0.466 e. The van der Waals surface area contributed by atoms with E-state index in [-0.39, 0.29) is 5.97 Å². The molecule has 20 heavy (non-hydrogen) atoms. The zero-order valence-electron chi connectivity index (χ0n) is 13.1. The van der Waals surface area contributed by atoms with Crippen LogP contribution < -0.4 is 5.32 Å². The Morgan fingerprint density at radius 2 is 2.00 bits per heavy atom. The van der Waals surface area contributed by atoms with Gasteiger partial charge in [0.25, 0.3) is 0 Å². The number of piperidine rings is 1. The number of hydrogen-bond donors (Lipinski definition) is 1. The number of hydrogen-bond acceptors (Lipinski definition) is 4. The van der Waals surface area contributed by atoms with Gasteiger partial charge in [0.15, 0.2) is 0 Å². The van der Waals surface area contributed by atoms with Gasteiger partial charge in [-0.2, -0.15) is 0 Å². The standard InChI is InChI=1S/C16H30N2O2/c1-3-20-16(19)9-14-8-15(12-18(2)11-14)17-10-13-6-4-5-7-13/h13-15,17H,3-12H2,1-2H3. The van der Waals surface area contributed by atoms with E-state index in [9.17, 15) is 4.79 Å². The third-order valence-corrected chi connectivity index (χ3v) is 4.65. The minimum Gasteiger partial charge on any atom is -0.466 e. The van der Waals surface area contributed by atoms with Crippen LogP contribution in [-0.4, -0.2) is 50.2 Å². The van der Waals surface area contributed by atoms with Crippen LogP contribution in [0.2, 0.25) is 0 Å². The summed E-state index contributed by atoms with van der Waals surface area (Å²) in [6.45, 7) is 5.64. The first-order valence-corrected chi connectivity index (χ1v) is 8.25. The van der Waals surface area contributed by atoms with Gasteiger partial charge in [-0.15, -0.1) is 0 Å². The zero-order valence-corrected chi connectivity index (χ0v) is 13.1. The van der Waals surface area contributed by atoms with Crippen molar-refractivity contribution >= 4 is 5.97 Å². The molecule has 1 heterocycles. The van der Waals surface area contributed by atoms with Crippen molar-refractivity contribution in [3.8, 4) is 0 Å². The number of rotatable bonds is 6. The number of likely N-dealkylation sites (N-methyl/N-ethyl adjacent to an activating group) is 1. The van der Waals surface area contributed by atoms with Crippen LogP contribution in [-0.2, 0) is 9.53 Å². The van der Waals surface area contributed by atoms with Gasteiger partial charge in [-0.1, -0.05) is 12.8 Å². The summed E-state index contributed by atoms with van der Waals surface area (Å²) in [6, 6.07) is 0.536. The molecule has 2 rings (SSSR count). The van der Waals surface area contributed by atoms with Crippen molar-refractivity contribution in [2.24, 2.45) is 11.8 Å². The fourth-order valence-electron chi connectivity index (χ4n) is 3.74. The molecule has 0 radical (unpaired) electrons. The third-order valence-electron chi connectivity index (χ3n) is 4.65. The molecule has 1 N–H and O–H groups in total. The van der Waals surface area contributed by atoms with Crippen LogP contribution in [0, 0.1) is 11.8 Å². The fourth-order valence-corrected chi connectivity index (χ4v) is 3.74. The van der Waals surface area contributed by atoms with E-state index < -0.39 is 0 Å². The van der Waals surface area contributed by atoms with Crippen molar-refractivity contribution < 1.29 is 9.53 Å². The first kappa shape index (κ1) is 15.8. The molecule has 1 aliphatic carbocycles. The van der Waals surface area contributed by atoms with Crippen molar-refractivity contribution in [2.75, 3.05) is 33.3 Å². The Kier molecular flexibility index (Phi) is 6.30. The van der Waals surface area contributed by atoms with E-state index in [2.05, 4.69) is 17.3 Å². The van der Waals surface area contributed by atoms with Gasteiger partial charge in [0.2, 0.25) is 0 Å². The van der Waals surface area contributed by atoms with Crippen LogP contribution in [0.5, 0.6) is 0 Å². The van der Waals surface area contributed by atoms with Crippen LogP contribution in [0.25, 0.3) is 0 Å². The minimum absolute atomic E-state index is 0.0395. The third kappa shape index (κ3) is 5.06. The van der Waals surface area contributed by atoms with Crippen molar-refractivity contribution in [3.63, 3.8) is 0 Å². The first-order chi connectivity index (χ1) is 9.67. The number of carbonyl (C=O) groups is 1. The number of likely N-dealkylation sites (tertiary alicyclic amines) is 1. The van der Waals surface area contributed by atoms with Crippen LogP contribution in [0.3, 0.4) is 0 Å². The number of nitrogens with zero attached hydrogens (tertiary/aromatic N) is 1. The highest BCUT2D eigenvalue weighted by molar-refractivity contribution is 5.69. The number of ether oxygens (including phenoxy) is 1. The van der Waals surface area contributed by atoms with E-state index in [4.69, 9.17) is 4.74 Å². The summed E-state index contributed by atoms with van der Waals surface area (Å²) < 4.78 is 5.08. The molecule has 2 unspecified atom stereocenters. The lowest BCUT2D eigenvalue weighted by Crippen LogP contribution is -2.49. The second kappa shape index (κ2) is 7.99. The maximum absolute atomic E-state index is 11.6. The van der Waals surface area contributed by atoms with Crippen molar-refractivity contribution in [3.05, 3.63) is 0 Å². The van der Waals surface area contributed by atoms with Gasteiger partial charge in [0, 0.05) is 25.6 Å². The van der Waals surface area contributed by atoms with E-state index in [1.807, 2.05) is 6.92 Å². The smallest absolute Gasteiger partial charge is 0.306 e. The van der Waals surface area contributed by atoms with Gasteiger partial charge in [0.05, 0.1) is 6.61 Å². The molecular weight excluding hydrogens is 252 g/mol. The van der Waals surface area contributed by atoms with Gasteiger partial charge in [0.1, 0.15) is 0 Å². The topological polar surface area (TPSA) is 41.6 Å². The van der Waals surface area contributed by atoms with Crippen molar-refractivity contribution in [2.45, 2.75) is 51.5 Å². The van der Waals surface area contributed by atoms with E-state index in [1.165, 1.54) is 25.7 Å². The monoisotopic (exact) mass is 282 g/mol. The molecule has 4 nitrogen and oxygen atoms in total. The highest BCUT2D eigenvalue weighted by atomic mass is 16.5. The normalized spacial score (nSPS) is 28.7. The van der Waals surface area contributed by atoms with E-state index in [0.717, 1.165) is 32.0 Å². The fraction of sp³-hybridized carbons (Fsp3) is 0.938. The highest BCUT2D eigenvalue weighted by Gasteiger charge is 2.27. The molecule has 1 saturated carbocycles. The molecule has 2 fully saturated rings. The van der Waals surface area contributed by atoms with E-state index in [1.54, 1.807) is 0 Å². The SMILES string of the molecule is CCOC(=O)CC1CC(NCC2CCCC2)CN(C)C1. The lowest BCUT2D eigenvalue weighted by molar-refractivity contribution is -0.144. The zero-order chi connectivity index (χ0) is 14.4. The Balaban J connectivity index is 1.73. The van der Waals surface area contributed by atoms with Gasteiger partial charge in [-0.05, 0) is 51.6 Å². The molecule has 0 aromatic heterocycles. The molecular formula is C16H30N2O2. The first-order valence-electron chi connectivity index (χ1n) is 8.25. The molecule has 0 amide bonds. The summed E-state index contributed by atoms with van der Waals surface area (Å²) in [4.78, 5) is 14.0. The summed E-state index contributed by atoms with van der Waals surface area (Å²) >= 11 is 0. The van der Waals surface area contributed by atoms with Gasteiger partial charge < -0.3 is 15.0 Å². The Hall–Kier alpha value is -0.610. The Labute approximate surface area is 123 Å². The van der Waals surface area contributed by atoms with Crippen LogP contribution in [0.4, 0.5) is 0 Å². The van der Waals surface area contributed by atoms with Crippen molar-refractivity contribution in [1.29, 1.82) is 0 Å². The lowest BCUT2D eigenvalue weighted by Gasteiger charge is -2.36. The molecule has 116 valence electrons. The second-order valence-corrected chi connectivity index (χ2v) is 6.59. The molecule has 1 aliphatic heterocycles. The molecule has 0 bridgehead atoms. The van der Waals surface area contributed by atoms with Gasteiger partial charge in [-0.25, -0.2) is 0 Å². The van der Waals surface area contributed by atoms with Crippen LogP contribution in [0.1, 0.15) is 45.4 Å². The minimum atomic E-state index is -0.0395. The summed E-state index contributed by atoms with van der Waals surface area (Å²) in [5, 5.41) is 3.74. The molecule has 2 atom stereocenters.